The smallest absolute Gasteiger partial charge is 0.143 e. The molecule has 0 aromatic carbocycles. The highest BCUT2D eigenvalue weighted by Gasteiger charge is 2.34. The molecular weight excluding hydrogens is 296 g/mol. The fourth-order valence-corrected chi connectivity index (χ4v) is 3.03. The molecule has 0 saturated carbocycles. The maximum Gasteiger partial charge on any atom is 0.143 e. The van der Waals surface area contributed by atoms with E-state index < -0.39 is 0 Å². The van der Waals surface area contributed by atoms with Crippen molar-refractivity contribution in [2.75, 3.05) is 24.6 Å². The summed E-state index contributed by atoms with van der Waals surface area (Å²) in [5.41, 5.74) is 0.842. The van der Waals surface area contributed by atoms with Gasteiger partial charge in [-0.1, -0.05) is 0 Å². The minimum Gasteiger partial charge on any atom is -0.394 e. The van der Waals surface area contributed by atoms with Crippen LogP contribution in [0.5, 0.6) is 0 Å². The molecule has 1 aliphatic rings. The molecule has 1 aromatic rings. The van der Waals surface area contributed by atoms with E-state index in [0.29, 0.717) is 6.54 Å². The molecule has 1 aromatic heterocycles. The molecule has 0 spiro atoms. The third kappa shape index (κ3) is 3.02. The molecule has 0 amide bonds. The molecule has 5 heteroatoms. The second kappa shape index (κ2) is 5.15. The van der Waals surface area contributed by atoms with E-state index in [4.69, 9.17) is 4.74 Å². The van der Waals surface area contributed by atoms with Crippen molar-refractivity contribution in [1.29, 1.82) is 0 Å². The molecule has 4 nitrogen and oxygen atoms in total. The van der Waals surface area contributed by atoms with E-state index in [9.17, 15) is 5.11 Å². The van der Waals surface area contributed by atoms with E-state index in [-0.39, 0.29) is 18.3 Å². The van der Waals surface area contributed by atoms with Gasteiger partial charge in [0.25, 0.3) is 0 Å². The molecule has 1 atom stereocenters. The lowest BCUT2D eigenvalue weighted by atomic mass is 10.1. The third-order valence-electron chi connectivity index (χ3n) is 2.94. The summed E-state index contributed by atoms with van der Waals surface area (Å²) in [6, 6.07) is 2.05. The average molecular weight is 315 g/mol. The number of nitrogens with zero attached hydrogens (tertiary/aromatic N) is 2. The van der Waals surface area contributed by atoms with E-state index in [1.165, 1.54) is 0 Å². The van der Waals surface area contributed by atoms with Crippen molar-refractivity contribution >= 4 is 21.7 Å². The average Bonchev–Trinajstić information content (AvgIpc) is 2.26. The van der Waals surface area contributed by atoms with Crippen LogP contribution in [0.4, 0.5) is 5.82 Å². The largest absolute Gasteiger partial charge is 0.394 e. The van der Waals surface area contributed by atoms with E-state index >= 15 is 0 Å². The first-order valence-electron chi connectivity index (χ1n) is 6.07. The van der Waals surface area contributed by atoms with Gasteiger partial charge in [0.05, 0.1) is 22.8 Å². The lowest BCUT2D eigenvalue weighted by Gasteiger charge is -2.43. The molecule has 0 radical (unpaired) electrons. The van der Waals surface area contributed by atoms with E-state index in [1.807, 2.05) is 27.0 Å². The molecular formula is C13H19BrN2O2. The SMILES string of the molecule is Cc1cnc(N2CC(CO)OC(C)(C)C2)c(Br)c1. The Kier molecular flexibility index (Phi) is 3.94. The van der Waals surface area contributed by atoms with Crippen molar-refractivity contribution in [3.63, 3.8) is 0 Å². The summed E-state index contributed by atoms with van der Waals surface area (Å²) in [7, 11) is 0. The Morgan fingerprint density at radius 2 is 2.33 bits per heavy atom. The van der Waals surface area contributed by atoms with Gasteiger partial charge in [-0.3, -0.25) is 0 Å². The predicted molar refractivity (Wildman–Crippen MR) is 74.9 cm³/mol. The summed E-state index contributed by atoms with van der Waals surface area (Å²) in [6.45, 7) is 7.53. The maximum absolute atomic E-state index is 9.32. The van der Waals surface area contributed by atoms with Crippen LogP contribution in [-0.4, -0.2) is 41.5 Å². The van der Waals surface area contributed by atoms with Crippen LogP contribution in [0, 0.1) is 6.92 Å². The number of anilines is 1. The number of aryl methyl sites for hydroxylation is 1. The zero-order chi connectivity index (χ0) is 13.3. The van der Waals surface area contributed by atoms with Crippen molar-refractivity contribution in [3.05, 3.63) is 22.3 Å². The van der Waals surface area contributed by atoms with Crippen molar-refractivity contribution in [2.24, 2.45) is 0 Å². The number of rotatable bonds is 2. The van der Waals surface area contributed by atoms with Crippen molar-refractivity contribution in [3.8, 4) is 0 Å². The van der Waals surface area contributed by atoms with Gasteiger partial charge in [0.1, 0.15) is 5.82 Å². The van der Waals surface area contributed by atoms with Gasteiger partial charge in [0.2, 0.25) is 0 Å². The standard InChI is InChI=1S/C13H19BrN2O2/c1-9-4-11(14)12(15-5-9)16-6-10(7-17)18-13(2,3)8-16/h4-5,10,17H,6-8H2,1-3H3. The molecule has 1 aliphatic heterocycles. The Morgan fingerprint density at radius 3 is 2.94 bits per heavy atom. The van der Waals surface area contributed by atoms with Gasteiger partial charge in [-0.25, -0.2) is 4.98 Å². The van der Waals surface area contributed by atoms with Gasteiger partial charge >= 0.3 is 0 Å². The number of ether oxygens (including phenoxy) is 1. The van der Waals surface area contributed by atoms with Crippen LogP contribution in [0.2, 0.25) is 0 Å². The number of aliphatic hydroxyl groups is 1. The van der Waals surface area contributed by atoms with E-state index in [1.54, 1.807) is 0 Å². The molecule has 100 valence electrons. The van der Waals surface area contributed by atoms with Gasteiger partial charge in [0.15, 0.2) is 0 Å². The fraction of sp³-hybridized carbons (Fsp3) is 0.615. The highest BCUT2D eigenvalue weighted by atomic mass is 79.9. The van der Waals surface area contributed by atoms with E-state index in [2.05, 4.69) is 31.9 Å². The van der Waals surface area contributed by atoms with Crippen LogP contribution in [0.25, 0.3) is 0 Å². The second-order valence-electron chi connectivity index (χ2n) is 5.38. The summed E-state index contributed by atoms with van der Waals surface area (Å²) in [5.74, 6) is 0.912. The summed E-state index contributed by atoms with van der Waals surface area (Å²) in [4.78, 5) is 6.64. The first kappa shape index (κ1) is 13.8. The van der Waals surface area contributed by atoms with Crippen LogP contribution >= 0.6 is 15.9 Å². The van der Waals surface area contributed by atoms with Gasteiger partial charge in [-0.2, -0.15) is 0 Å². The Labute approximate surface area is 116 Å². The van der Waals surface area contributed by atoms with Crippen LogP contribution in [0.15, 0.2) is 16.7 Å². The van der Waals surface area contributed by atoms with Crippen LogP contribution in [0.1, 0.15) is 19.4 Å². The molecule has 2 rings (SSSR count). The Morgan fingerprint density at radius 1 is 1.61 bits per heavy atom. The topological polar surface area (TPSA) is 45.6 Å². The number of hydrogen-bond acceptors (Lipinski definition) is 4. The number of hydrogen-bond donors (Lipinski definition) is 1. The van der Waals surface area contributed by atoms with Crippen LogP contribution < -0.4 is 4.90 Å². The van der Waals surface area contributed by atoms with Gasteiger partial charge in [-0.15, -0.1) is 0 Å². The molecule has 1 fully saturated rings. The maximum atomic E-state index is 9.32. The van der Waals surface area contributed by atoms with E-state index in [0.717, 1.165) is 22.4 Å². The summed E-state index contributed by atoms with van der Waals surface area (Å²) < 4.78 is 6.79. The summed E-state index contributed by atoms with van der Waals surface area (Å²) in [5, 5.41) is 9.32. The number of aliphatic hydroxyl groups excluding tert-OH is 1. The molecule has 0 aliphatic carbocycles. The predicted octanol–water partition coefficient (Wildman–Crippen LogP) is 2.13. The number of halogens is 1. The van der Waals surface area contributed by atoms with Gasteiger partial charge in [0, 0.05) is 19.3 Å². The normalized spacial score (nSPS) is 23.2. The monoisotopic (exact) mass is 314 g/mol. The number of morpholine rings is 1. The summed E-state index contributed by atoms with van der Waals surface area (Å²) >= 11 is 3.55. The van der Waals surface area contributed by atoms with Crippen molar-refractivity contribution < 1.29 is 9.84 Å². The Hall–Kier alpha value is -0.650. The molecule has 1 saturated heterocycles. The Bertz CT molecular complexity index is 437. The third-order valence-corrected chi connectivity index (χ3v) is 3.53. The fourth-order valence-electron chi connectivity index (χ4n) is 2.31. The highest BCUT2D eigenvalue weighted by molar-refractivity contribution is 9.10. The quantitative estimate of drug-likeness (QED) is 0.908. The first-order valence-corrected chi connectivity index (χ1v) is 6.86. The number of aromatic nitrogens is 1. The lowest BCUT2D eigenvalue weighted by molar-refractivity contribution is -0.101. The first-order chi connectivity index (χ1) is 8.41. The molecule has 1 unspecified atom stereocenters. The minimum atomic E-state index is -0.280. The minimum absolute atomic E-state index is 0.0312. The molecule has 2 heterocycles. The zero-order valence-electron chi connectivity index (χ0n) is 11.0. The Balaban J connectivity index is 2.26. The zero-order valence-corrected chi connectivity index (χ0v) is 12.6. The van der Waals surface area contributed by atoms with Gasteiger partial charge < -0.3 is 14.7 Å². The van der Waals surface area contributed by atoms with Gasteiger partial charge in [-0.05, 0) is 48.3 Å². The number of pyridine rings is 1. The van der Waals surface area contributed by atoms with Crippen molar-refractivity contribution in [1.82, 2.24) is 4.98 Å². The molecule has 18 heavy (non-hydrogen) atoms. The second-order valence-corrected chi connectivity index (χ2v) is 6.24. The highest BCUT2D eigenvalue weighted by Crippen LogP contribution is 2.30. The van der Waals surface area contributed by atoms with Crippen molar-refractivity contribution in [2.45, 2.75) is 32.5 Å². The summed E-state index contributed by atoms with van der Waals surface area (Å²) in [6.07, 6.45) is 1.69. The molecule has 1 N–H and O–H groups in total. The van der Waals surface area contributed by atoms with Crippen LogP contribution in [0.3, 0.4) is 0 Å². The molecule has 0 bridgehead atoms. The lowest BCUT2D eigenvalue weighted by Crippen LogP contribution is -2.54. The van der Waals surface area contributed by atoms with Crippen LogP contribution in [-0.2, 0) is 4.74 Å².